The van der Waals surface area contributed by atoms with Crippen LogP contribution >= 0.6 is 0 Å². The summed E-state index contributed by atoms with van der Waals surface area (Å²) in [6, 6.07) is 10.6. The summed E-state index contributed by atoms with van der Waals surface area (Å²) in [4.78, 5) is 28.2. The molecule has 3 rings (SSSR count). The molecular weight excluding hydrogens is 376 g/mol. The average Bonchev–Trinajstić information content (AvgIpc) is 3.15. The summed E-state index contributed by atoms with van der Waals surface area (Å²) >= 11 is 0. The molecule has 29 heavy (non-hydrogen) atoms. The maximum Gasteiger partial charge on any atom is 0.407 e. The van der Waals surface area contributed by atoms with E-state index in [9.17, 15) is 9.59 Å². The molecule has 10 heteroatoms. The third kappa shape index (κ3) is 4.72. The molecule has 0 saturated carbocycles. The number of aromatic amines is 1. The molecular formula is C19H22N6O4. The van der Waals surface area contributed by atoms with E-state index in [1.807, 2.05) is 37.3 Å². The molecule has 0 saturated heterocycles. The van der Waals surface area contributed by atoms with Crippen molar-refractivity contribution in [2.24, 2.45) is 0 Å². The average molecular weight is 398 g/mol. The van der Waals surface area contributed by atoms with Crippen molar-refractivity contribution in [3.05, 3.63) is 47.7 Å². The number of carbonyl (C=O) groups excluding carboxylic acids is 2. The van der Waals surface area contributed by atoms with E-state index in [0.717, 1.165) is 5.56 Å². The van der Waals surface area contributed by atoms with Gasteiger partial charge in [-0.15, -0.1) is 5.10 Å². The molecule has 1 atom stereocenters. The highest BCUT2D eigenvalue weighted by molar-refractivity contribution is 5.93. The van der Waals surface area contributed by atoms with Gasteiger partial charge < -0.3 is 20.1 Å². The first-order chi connectivity index (χ1) is 14.0. The van der Waals surface area contributed by atoms with E-state index in [0.29, 0.717) is 22.5 Å². The van der Waals surface area contributed by atoms with Gasteiger partial charge in [0.15, 0.2) is 0 Å². The smallest absolute Gasteiger partial charge is 0.407 e. The molecule has 0 spiro atoms. The molecule has 0 aliphatic rings. The van der Waals surface area contributed by atoms with Crippen molar-refractivity contribution < 1.29 is 19.1 Å². The zero-order valence-corrected chi connectivity index (χ0v) is 16.3. The molecule has 10 nitrogen and oxygen atoms in total. The number of anilines is 1. The summed E-state index contributed by atoms with van der Waals surface area (Å²) in [5.41, 5.74) is 1.95. The van der Waals surface area contributed by atoms with E-state index in [-0.39, 0.29) is 18.5 Å². The van der Waals surface area contributed by atoms with Crippen molar-refractivity contribution >= 4 is 28.8 Å². The number of urea groups is 1. The van der Waals surface area contributed by atoms with Crippen LogP contribution in [0.2, 0.25) is 0 Å². The van der Waals surface area contributed by atoms with E-state index < -0.39 is 12.1 Å². The Hall–Kier alpha value is -3.82. The molecule has 0 aliphatic heterocycles. The quantitative estimate of drug-likeness (QED) is 0.505. The fraction of sp³-hybridized carbons (Fsp3) is 0.263. The fourth-order valence-corrected chi connectivity index (χ4v) is 2.79. The summed E-state index contributed by atoms with van der Waals surface area (Å²) in [5, 5.41) is 15.4. The van der Waals surface area contributed by atoms with Crippen LogP contribution in [0.4, 0.5) is 15.4 Å². The molecule has 1 unspecified atom stereocenters. The molecule has 0 radical (unpaired) electrons. The second-order valence-electron chi connectivity index (χ2n) is 6.17. The van der Waals surface area contributed by atoms with Crippen molar-refractivity contribution in [1.29, 1.82) is 0 Å². The van der Waals surface area contributed by atoms with E-state index in [2.05, 4.69) is 31.1 Å². The Kier molecular flexibility index (Phi) is 6.12. The number of H-pyrrole nitrogens is 1. The van der Waals surface area contributed by atoms with Gasteiger partial charge in [0.25, 0.3) is 0 Å². The molecule has 3 amide bonds. The van der Waals surface area contributed by atoms with Crippen molar-refractivity contribution in [1.82, 2.24) is 25.8 Å². The second kappa shape index (κ2) is 8.91. The lowest BCUT2D eigenvalue weighted by atomic mass is 10.1. The summed E-state index contributed by atoms with van der Waals surface area (Å²) < 4.78 is 10.3. The molecule has 0 bridgehead atoms. The summed E-state index contributed by atoms with van der Waals surface area (Å²) in [6.07, 6.45) is -0.602. The minimum absolute atomic E-state index is 0.121. The standard InChI is InChI=1S/C19H22N6O4/c1-11(12-7-5-4-6-8-12)21-18(26)23-15-9-13-16(17(28-3)25-24-13)14(22-15)10-29-19(27)20-2/h4-9,11H,10H2,1-3H3,(H,20,27)(H,24,25)(H2,21,22,23,26). The highest BCUT2D eigenvalue weighted by Gasteiger charge is 2.17. The number of alkyl carbamates (subject to hydrolysis) is 1. The van der Waals surface area contributed by atoms with Gasteiger partial charge in [-0.05, 0) is 12.5 Å². The van der Waals surface area contributed by atoms with Gasteiger partial charge in [-0.1, -0.05) is 30.3 Å². The van der Waals surface area contributed by atoms with Crippen LogP contribution in [-0.2, 0) is 11.3 Å². The number of ether oxygens (including phenoxy) is 2. The lowest BCUT2D eigenvalue weighted by Gasteiger charge is -2.15. The minimum atomic E-state index is -0.602. The number of benzene rings is 1. The van der Waals surface area contributed by atoms with Crippen molar-refractivity contribution in [3.63, 3.8) is 0 Å². The largest absolute Gasteiger partial charge is 0.479 e. The SMILES string of the molecule is CNC(=O)OCc1nc(NC(=O)NC(C)c2ccccc2)cc2[nH]nc(OC)c12. The number of hydrogen-bond acceptors (Lipinski definition) is 6. The van der Waals surface area contributed by atoms with E-state index in [4.69, 9.17) is 9.47 Å². The highest BCUT2D eigenvalue weighted by Crippen LogP contribution is 2.28. The van der Waals surface area contributed by atoms with Crippen LogP contribution < -0.4 is 20.7 Å². The van der Waals surface area contributed by atoms with E-state index in [1.54, 1.807) is 6.07 Å². The van der Waals surface area contributed by atoms with Gasteiger partial charge in [0.2, 0.25) is 5.88 Å². The van der Waals surface area contributed by atoms with Crippen LogP contribution in [-0.4, -0.2) is 41.5 Å². The number of aromatic nitrogens is 3. The predicted octanol–water partition coefficient (Wildman–Crippen LogP) is 2.71. The van der Waals surface area contributed by atoms with Gasteiger partial charge in [0.05, 0.1) is 29.7 Å². The van der Waals surface area contributed by atoms with Crippen LogP contribution in [0.15, 0.2) is 36.4 Å². The first-order valence-corrected chi connectivity index (χ1v) is 8.90. The molecule has 2 aromatic heterocycles. The van der Waals surface area contributed by atoms with Crippen LogP contribution in [0.25, 0.3) is 10.9 Å². The van der Waals surface area contributed by atoms with Crippen molar-refractivity contribution in [3.8, 4) is 5.88 Å². The number of amides is 3. The number of methoxy groups -OCH3 is 1. The topological polar surface area (TPSA) is 130 Å². The fourth-order valence-electron chi connectivity index (χ4n) is 2.79. The Labute approximate surface area is 167 Å². The third-order valence-electron chi connectivity index (χ3n) is 4.21. The van der Waals surface area contributed by atoms with Gasteiger partial charge in [-0.2, -0.15) is 0 Å². The van der Waals surface area contributed by atoms with Gasteiger partial charge in [-0.25, -0.2) is 14.6 Å². The monoisotopic (exact) mass is 398 g/mol. The maximum atomic E-state index is 12.4. The summed E-state index contributed by atoms with van der Waals surface area (Å²) in [7, 11) is 2.93. The normalized spacial score (nSPS) is 11.6. The number of rotatable bonds is 6. The van der Waals surface area contributed by atoms with Gasteiger partial charge in [0, 0.05) is 13.1 Å². The summed E-state index contributed by atoms with van der Waals surface area (Å²) in [6.45, 7) is 1.76. The lowest BCUT2D eigenvalue weighted by Crippen LogP contribution is -2.31. The Morgan fingerprint density at radius 3 is 2.69 bits per heavy atom. The van der Waals surface area contributed by atoms with Crippen molar-refractivity contribution in [2.45, 2.75) is 19.6 Å². The van der Waals surface area contributed by atoms with Gasteiger partial charge in [0.1, 0.15) is 12.4 Å². The number of nitrogens with one attached hydrogen (secondary N) is 4. The molecule has 4 N–H and O–H groups in total. The number of nitrogens with zero attached hydrogens (tertiary/aromatic N) is 2. The number of carbonyl (C=O) groups is 2. The van der Waals surface area contributed by atoms with Gasteiger partial charge >= 0.3 is 12.1 Å². The molecule has 0 fully saturated rings. The Morgan fingerprint density at radius 1 is 1.24 bits per heavy atom. The molecule has 2 heterocycles. The predicted molar refractivity (Wildman–Crippen MR) is 107 cm³/mol. The maximum absolute atomic E-state index is 12.4. The first kappa shape index (κ1) is 19.9. The Bertz CT molecular complexity index is 1000. The molecule has 1 aromatic carbocycles. The first-order valence-electron chi connectivity index (χ1n) is 8.90. The number of hydrogen-bond donors (Lipinski definition) is 4. The molecule has 3 aromatic rings. The number of fused-ring (bicyclic) bond motifs is 1. The second-order valence-corrected chi connectivity index (χ2v) is 6.17. The lowest BCUT2D eigenvalue weighted by molar-refractivity contribution is 0.141. The van der Waals surface area contributed by atoms with Crippen molar-refractivity contribution in [2.75, 3.05) is 19.5 Å². The van der Waals surface area contributed by atoms with Crippen LogP contribution in [0.1, 0.15) is 24.2 Å². The third-order valence-corrected chi connectivity index (χ3v) is 4.21. The molecule has 152 valence electrons. The highest BCUT2D eigenvalue weighted by atomic mass is 16.5. The minimum Gasteiger partial charge on any atom is -0.479 e. The van der Waals surface area contributed by atoms with E-state index in [1.165, 1.54) is 14.2 Å². The summed E-state index contributed by atoms with van der Waals surface area (Å²) in [5.74, 6) is 0.591. The number of pyridine rings is 1. The van der Waals surface area contributed by atoms with Crippen LogP contribution in [0, 0.1) is 0 Å². The van der Waals surface area contributed by atoms with Crippen LogP contribution in [0.3, 0.4) is 0 Å². The van der Waals surface area contributed by atoms with E-state index >= 15 is 0 Å². The van der Waals surface area contributed by atoms with Crippen LogP contribution in [0.5, 0.6) is 5.88 Å². The molecule has 0 aliphatic carbocycles. The Morgan fingerprint density at radius 2 is 2.00 bits per heavy atom. The zero-order chi connectivity index (χ0) is 20.8. The van der Waals surface area contributed by atoms with Gasteiger partial charge in [-0.3, -0.25) is 10.4 Å². The Balaban J connectivity index is 1.79. The zero-order valence-electron chi connectivity index (χ0n) is 16.3.